The van der Waals surface area contributed by atoms with Crippen LogP contribution in [0.2, 0.25) is 0 Å². The zero-order valence-electron chi connectivity index (χ0n) is 9.56. The van der Waals surface area contributed by atoms with Crippen molar-refractivity contribution in [3.63, 3.8) is 0 Å². The number of rotatable bonds is 3. The summed E-state index contributed by atoms with van der Waals surface area (Å²) in [7, 11) is 0. The van der Waals surface area contributed by atoms with Crippen LogP contribution >= 0.6 is 0 Å². The van der Waals surface area contributed by atoms with Gasteiger partial charge in [0.05, 0.1) is 0 Å². The van der Waals surface area contributed by atoms with Crippen LogP contribution in [0.1, 0.15) is 20.8 Å². The topological polar surface area (TPSA) is 66.6 Å². The third-order valence-corrected chi connectivity index (χ3v) is 2.62. The molecule has 0 aliphatic carbocycles. The van der Waals surface area contributed by atoms with Crippen molar-refractivity contribution in [1.29, 1.82) is 0 Å². The van der Waals surface area contributed by atoms with Crippen LogP contribution in [-0.2, 0) is 9.59 Å². The fourth-order valence-electron chi connectivity index (χ4n) is 2.03. The smallest absolute Gasteiger partial charge is 0.312 e. The maximum atomic E-state index is 11.8. The van der Waals surface area contributed by atoms with Gasteiger partial charge in [0.1, 0.15) is 0 Å². The van der Waals surface area contributed by atoms with E-state index < -0.39 is 11.8 Å². The van der Waals surface area contributed by atoms with E-state index in [1.807, 2.05) is 20.8 Å². The maximum absolute atomic E-state index is 11.8. The Kier molecular flexibility index (Phi) is 3.68. The van der Waals surface area contributed by atoms with Crippen LogP contribution in [0.5, 0.6) is 0 Å². The molecule has 86 valence electrons. The van der Waals surface area contributed by atoms with Crippen LogP contribution in [-0.4, -0.2) is 53.3 Å². The molecule has 5 nitrogen and oxygen atoms in total. The molecular formula is C10H19N3O2. The number of nitrogens with two attached hydrogens (primary N) is 1. The van der Waals surface area contributed by atoms with E-state index >= 15 is 0 Å². The Bertz CT molecular complexity index is 265. The van der Waals surface area contributed by atoms with Gasteiger partial charge in [0.15, 0.2) is 0 Å². The second kappa shape index (κ2) is 4.61. The van der Waals surface area contributed by atoms with Gasteiger partial charge in [0, 0.05) is 31.7 Å². The molecule has 2 N–H and O–H groups in total. The van der Waals surface area contributed by atoms with Crippen LogP contribution in [0.4, 0.5) is 0 Å². The molecule has 1 unspecified atom stereocenters. The van der Waals surface area contributed by atoms with Gasteiger partial charge in [0.2, 0.25) is 0 Å². The lowest BCUT2D eigenvalue weighted by Crippen LogP contribution is -2.61. The second-order valence-corrected chi connectivity index (χ2v) is 4.20. The number of amides is 2. The second-order valence-electron chi connectivity index (χ2n) is 4.20. The summed E-state index contributed by atoms with van der Waals surface area (Å²) in [5.74, 6) is -0.829. The van der Waals surface area contributed by atoms with Crippen molar-refractivity contribution in [3.05, 3.63) is 0 Å². The van der Waals surface area contributed by atoms with Crippen LogP contribution in [0, 0.1) is 0 Å². The molecule has 1 saturated heterocycles. The number of piperazine rings is 1. The average Bonchev–Trinajstić information content (AvgIpc) is 2.13. The molecule has 2 amide bonds. The van der Waals surface area contributed by atoms with Gasteiger partial charge in [-0.2, -0.15) is 0 Å². The highest BCUT2D eigenvalue weighted by Gasteiger charge is 2.37. The molecule has 0 aromatic carbocycles. The fraction of sp³-hybridized carbons (Fsp3) is 0.800. The van der Waals surface area contributed by atoms with Gasteiger partial charge in [-0.15, -0.1) is 0 Å². The zero-order valence-corrected chi connectivity index (χ0v) is 9.56. The molecule has 1 aliphatic rings. The summed E-state index contributed by atoms with van der Waals surface area (Å²) in [6, 6.07) is 0.137. The van der Waals surface area contributed by atoms with Crippen LogP contribution < -0.4 is 5.73 Å². The molecule has 1 atom stereocenters. The standard InChI is InChI=1S/C10H19N3O2/c1-7(2)13-8(3)6-12(5-4-11)9(14)10(13)15/h7-8H,4-6,11H2,1-3H3. The first-order chi connectivity index (χ1) is 6.99. The third kappa shape index (κ3) is 2.28. The molecule has 0 spiro atoms. The van der Waals surface area contributed by atoms with Crippen LogP contribution in [0.3, 0.4) is 0 Å². The summed E-state index contributed by atoms with van der Waals surface area (Å²) in [5, 5.41) is 0. The Morgan fingerprint density at radius 1 is 1.40 bits per heavy atom. The number of hydrogen-bond donors (Lipinski definition) is 1. The molecular weight excluding hydrogens is 194 g/mol. The van der Waals surface area contributed by atoms with E-state index in [0.29, 0.717) is 19.6 Å². The molecule has 5 heteroatoms. The minimum Gasteiger partial charge on any atom is -0.331 e. The molecule has 15 heavy (non-hydrogen) atoms. The Morgan fingerprint density at radius 3 is 2.47 bits per heavy atom. The first-order valence-corrected chi connectivity index (χ1v) is 5.30. The van der Waals surface area contributed by atoms with Crippen molar-refractivity contribution in [1.82, 2.24) is 9.80 Å². The van der Waals surface area contributed by atoms with Crippen molar-refractivity contribution >= 4 is 11.8 Å². The van der Waals surface area contributed by atoms with Crippen molar-refractivity contribution in [3.8, 4) is 0 Å². The van der Waals surface area contributed by atoms with E-state index in [0.717, 1.165) is 0 Å². The average molecular weight is 213 g/mol. The molecule has 1 heterocycles. The van der Waals surface area contributed by atoms with Crippen molar-refractivity contribution in [2.45, 2.75) is 32.9 Å². The third-order valence-electron chi connectivity index (χ3n) is 2.62. The molecule has 0 aromatic rings. The molecule has 0 aromatic heterocycles. The number of carbonyl (C=O) groups is 2. The summed E-state index contributed by atoms with van der Waals surface area (Å²) in [5.41, 5.74) is 5.39. The molecule has 1 rings (SSSR count). The maximum Gasteiger partial charge on any atom is 0.312 e. The lowest BCUT2D eigenvalue weighted by Gasteiger charge is -2.40. The van der Waals surface area contributed by atoms with E-state index in [1.54, 1.807) is 4.90 Å². The lowest BCUT2D eigenvalue weighted by molar-refractivity contribution is -0.160. The summed E-state index contributed by atoms with van der Waals surface area (Å²) in [6.07, 6.45) is 0. The first-order valence-electron chi connectivity index (χ1n) is 5.30. The summed E-state index contributed by atoms with van der Waals surface area (Å²) >= 11 is 0. The Hall–Kier alpha value is -1.10. The van der Waals surface area contributed by atoms with E-state index in [9.17, 15) is 9.59 Å². The molecule has 0 saturated carbocycles. The van der Waals surface area contributed by atoms with Gasteiger partial charge in [-0.05, 0) is 20.8 Å². The van der Waals surface area contributed by atoms with Crippen molar-refractivity contribution in [2.75, 3.05) is 19.6 Å². The zero-order chi connectivity index (χ0) is 11.6. The normalized spacial score (nSPS) is 22.9. The molecule has 1 fully saturated rings. The SMILES string of the molecule is CC(C)N1C(=O)C(=O)N(CCN)CC1C. The number of nitrogens with zero attached hydrogens (tertiary/aromatic N) is 2. The molecule has 1 aliphatic heterocycles. The van der Waals surface area contributed by atoms with Gasteiger partial charge in [-0.1, -0.05) is 0 Å². The number of hydrogen-bond acceptors (Lipinski definition) is 3. The minimum absolute atomic E-state index is 0.0662. The Balaban J connectivity index is 2.79. The monoisotopic (exact) mass is 213 g/mol. The van der Waals surface area contributed by atoms with E-state index in [1.165, 1.54) is 4.90 Å². The largest absolute Gasteiger partial charge is 0.331 e. The van der Waals surface area contributed by atoms with Crippen molar-refractivity contribution in [2.24, 2.45) is 5.73 Å². The lowest BCUT2D eigenvalue weighted by atomic mass is 10.1. The van der Waals surface area contributed by atoms with E-state index in [-0.39, 0.29) is 12.1 Å². The molecule has 0 bridgehead atoms. The molecule has 0 radical (unpaired) electrons. The fourth-order valence-corrected chi connectivity index (χ4v) is 2.03. The summed E-state index contributed by atoms with van der Waals surface area (Å²) in [4.78, 5) is 26.6. The number of carbonyl (C=O) groups excluding carboxylic acids is 2. The quantitative estimate of drug-likeness (QED) is 0.637. The predicted molar refractivity (Wildman–Crippen MR) is 57.1 cm³/mol. The van der Waals surface area contributed by atoms with E-state index in [4.69, 9.17) is 5.73 Å². The summed E-state index contributed by atoms with van der Waals surface area (Å²) < 4.78 is 0. The predicted octanol–water partition coefficient (Wildman–Crippen LogP) is -0.587. The summed E-state index contributed by atoms with van der Waals surface area (Å²) in [6.45, 7) is 7.22. The first kappa shape index (κ1) is 12.0. The van der Waals surface area contributed by atoms with Gasteiger partial charge < -0.3 is 15.5 Å². The van der Waals surface area contributed by atoms with E-state index in [2.05, 4.69) is 0 Å². The highest BCUT2D eigenvalue weighted by molar-refractivity contribution is 6.35. The highest BCUT2D eigenvalue weighted by Crippen LogP contribution is 2.14. The van der Waals surface area contributed by atoms with Crippen LogP contribution in [0.15, 0.2) is 0 Å². The Labute approximate surface area is 90.2 Å². The highest BCUT2D eigenvalue weighted by atomic mass is 16.2. The van der Waals surface area contributed by atoms with Gasteiger partial charge in [-0.3, -0.25) is 9.59 Å². The van der Waals surface area contributed by atoms with Crippen LogP contribution in [0.25, 0.3) is 0 Å². The minimum atomic E-state index is -0.424. The van der Waals surface area contributed by atoms with Gasteiger partial charge in [-0.25, -0.2) is 0 Å². The van der Waals surface area contributed by atoms with Gasteiger partial charge in [0.25, 0.3) is 0 Å². The van der Waals surface area contributed by atoms with Crippen molar-refractivity contribution < 1.29 is 9.59 Å². The Morgan fingerprint density at radius 2 is 2.00 bits per heavy atom. The van der Waals surface area contributed by atoms with Gasteiger partial charge >= 0.3 is 11.8 Å².